The topological polar surface area (TPSA) is 15.3 Å². The van der Waals surface area contributed by atoms with Gasteiger partial charge in [-0.05, 0) is 45.6 Å². The Bertz CT molecular complexity index is 198. The third-order valence-electron chi connectivity index (χ3n) is 4.47. The van der Waals surface area contributed by atoms with Crippen LogP contribution in [0, 0.1) is 5.92 Å². The van der Waals surface area contributed by atoms with Crippen molar-refractivity contribution in [1.82, 2.24) is 10.2 Å². The van der Waals surface area contributed by atoms with Crippen LogP contribution in [0.25, 0.3) is 0 Å². The van der Waals surface area contributed by atoms with Gasteiger partial charge >= 0.3 is 0 Å². The van der Waals surface area contributed by atoms with Gasteiger partial charge in [-0.15, -0.1) is 0 Å². The van der Waals surface area contributed by atoms with E-state index in [1.165, 1.54) is 38.8 Å². The molecule has 2 unspecified atom stereocenters. The summed E-state index contributed by atoms with van der Waals surface area (Å²) in [4.78, 5) is 2.73. The van der Waals surface area contributed by atoms with Gasteiger partial charge in [-0.25, -0.2) is 0 Å². The molecule has 1 N–H and O–H groups in total. The zero-order valence-corrected chi connectivity index (χ0v) is 9.84. The van der Waals surface area contributed by atoms with Crippen molar-refractivity contribution in [3.05, 3.63) is 0 Å². The van der Waals surface area contributed by atoms with Gasteiger partial charge < -0.3 is 5.32 Å². The Labute approximate surface area is 88.1 Å². The van der Waals surface area contributed by atoms with Crippen molar-refractivity contribution >= 4 is 0 Å². The standard InChI is InChI=1S/C12H24N2/c1-10-9-14(8-5-11(10)13-3)12(2)6-4-7-12/h10-11,13H,4-9H2,1-3H3. The smallest absolute Gasteiger partial charge is 0.0181 e. The van der Waals surface area contributed by atoms with Crippen LogP contribution in [0.1, 0.15) is 39.5 Å². The second-order valence-electron chi connectivity index (χ2n) is 5.46. The first-order chi connectivity index (χ1) is 6.65. The SMILES string of the molecule is CNC1CCN(C2(C)CCC2)CC1C. The lowest BCUT2D eigenvalue weighted by atomic mass is 9.75. The van der Waals surface area contributed by atoms with Crippen LogP contribution in [0.3, 0.4) is 0 Å². The van der Waals surface area contributed by atoms with Gasteiger partial charge in [0.2, 0.25) is 0 Å². The highest BCUT2D eigenvalue weighted by Gasteiger charge is 2.40. The molecule has 0 spiro atoms. The molecule has 2 aliphatic rings. The summed E-state index contributed by atoms with van der Waals surface area (Å²) in [5, 5.41) is 3.44. The number of likely N-dealkylation sites (tertiary alicyclic amines) is 1. The van der Waals surface area contributed by atoms with E-state index in [9.17, 15) is 0 Å². The second kappa shape index (κ2) is 3.82. The predicted molar refractivity (Wildman–Crippen MR) is 60.5 cm³/mol. The Kier molecular flexibility index (Phi) is 2.85. The number of hydrogen-bond acceptors (Lipinski definition) is 2. The van der Waals surface area contributed by atoms with Crippen LogP contribution in [0.15, 0.2) is 0 Å². The Hall–Kier alpha value is -0.0800. The van der Waals surface area contributed by atoms with Gasteiger partial charge in [0.05, 0.1) is 0 Å². The molecule has 2 atom stereocenters. The van der Waals surface area contributed by atoms with E-state index in [1.54, 1.807) is 0 Å². The zero-order chi connectivity index (χ0) is 10.2. The molecule has 2 heteroatoms. The third-order valence-corrected chi connectivity index (χ3v) is 4.47. The lowest BCUT2D eigenvalue weighted by molar-refractivity contribution is -0.00618. The van der Waals surface area contributed by atoms with E-state index < -0.39 is 0 Å². The molecule has 0 aromatic heterocycles. The molecule has 1 aliphatic carbocycles. The van der Waals surface area contributed by atoms with Gasteiger partial charge in [-0.2, -0.15) is 0 Å². The van der Waals surface area contributed by atoms with Crippen molar-refractivity contribution in [2.75, 3.05) is 20.1 Å². The molecule has 2 rings (SSSR count). The summed E-state index contributed by atoms with van der Waals surface area (Å²) in [6.45, 7) is 7.42. The van der Waals surface area contributed by atoms with E-state index in [-0.39, 0.29) is 0 Å². The Morgan fingerprint density at radius 2 is 2.07 bits per heavy atom. The van der Waals surface area contributed by atoms with Crippen molar-refractivity contribution in [2.24, 2.45) is 5.92 Å². The summed E-state index contributed by atoms with van der Waals surface area (Å²) in [7, 11) is 2.10. The Morgan fingerprint density at radius 3 is 2.50 bits per heavy atom. The quantitative estimate of drug-likeness (QED) is 0.725. The molecule has 2 nitrogen and oxygen atoms in total. The average Bonchev–Trinajstić information content (AvgIpc) is 2.14. The van der Waals surface area contributed by atoms with Crippen molar-refractivity contribution < 1.29 is 0 Å². The molecular weight excluding hydrogens is 172 g/mol. The molecule has 0 aromatic carbocycles. The maximum Gasteiger partial charge on any atom is 0.0181 e. The fourth-order valence-electron chi connectivity index (χ4n) is 3.07. The van der Waals surface area contributed by atoms with Crippen LogP contribution >= 0.6 is 0 Å². The van der Waals surface area contributed by atoms with Crippen LogP contribution in [0.2, 0.25) is 0 Å². The molecular formula is C12H24N2. The molecule has 14 heavy (non-hydrogen) atoms. The van der Waals surface area contributed by atoms with Crippen molar-refractivity contribution in [3.8, 4) is 0 Å². The Morgan fingerprint density at radius 1 is 1.36 bits per heavy atom. The highest BCUT2D eigenvalue weighted by molar-refractivity contribution is 4.97. The van der Waals surface area contributed by atoms with Gasteiger partial charge in [0.1, 0.15) is 0 Å². The van der Waals surface area contributed by atoms with Crippen LogP contribution < -0.4 is 5.32 Å². The van der Waals surface area contributed by atoms with E-state index >= 15 is 0 Å². The molecule has 0 aromatic rings. The first-order valence-corrected chi connectivity index (χ1v) is 6.08. The molecule has 0 radical (unpaired) electrons. The van der Waals surface area contributed by atoms with Gasteiger partial charge in [-0.3, -0.25) is 4.90 Å². The summed E-state index contributed by atoms with van der Waals surface area (Å²) < 4.78 is 0. The number of nitrogens with one attached hydrogen (secondary N) is 1. The van der Waals surface area contributed by atoms with E-state index in [1.807, 2.05) is 0 Å². The van der Waals surface area contributed by atoms with Crippen molar-refractivity contribution in [3.63, 3.8) is 0 Å². The molecule has 1 heterocycles. The summed E-state index contributed by atoms with van der Waals surface area (Å²) in [6.07, 6.45) is 5.61. The minimum atomic E-state index is 0.562. The average molecular weight is 196 g/mol. The third kappa shape index (κ3) is 1.70. The lowest BCUT2D eigenvalue weighted by Crippen LogP contribution is -2.58. The molecule has 0 amide bonds. The molecule has 1 aliphatic heterocycles. The molecule has 82 valence electrons. The van der Waals surface area contributed by atoms with Gasteiger partial charge in [0.25, 0.3) is 0 Å². The molecule has 1 saturated carbocycles. The summed E-state index contributed by atoms with van der Waals surface area (Å²) >= 11 is 0. The largest absolute Gasteiger partial charge is 0.317 e. The van der Waals surface area contributed by atoms with E-state index in [0.29, 0.717) is 5.54 Å². The summed E-state index contributed by atoms with van der Waals surface area (Å²) in [6, 6.07) is 0.745. The van der Waals surface area contributed by atoms with Crippen LogP contribution in [-0.4, -0.2) is 36.6 Å². The normalized spacial score (nSPS) is 37.9. The maximum atomic E-state index is 3.44. The van der Waals surface area contributed by atoms with E-state index in [0.717, 1.165) is 12.0 Å². The molecule has 0 bridgehead atoms. The minimum Gasteiger partial charge on any atom is -0.317 e. The number of rotatable bonds is 2. The second-order valence-corrected chi connectivity index (χ2v) is 5.46. The van der Waals surface area contributed by atoms with E-state index in [4.69, 9.17) is 0 Å². The summed E-state index contributed by atoms with van der Waals surface area (Å²) in [5.41, 5.74) is 0.562. The zero-order valence-electron chi connectivity index (χ0n) is 9.84. The predicted octanol–water partition coefficient (Wildman–Crippen LogP) is 1.86. The van der Waals surface area contributed by atoms with Crippen LogP contribution in [0.4, 0.5) is 0 Å². The number of piperidine rings is 1. The number of nitrogens with zero attached hydrogens (tertiary/aromatic N) is 1. The van der Waals surface area contributed by atoms with E-state index in [2.05, 4.69) is 31.1 Å². The summed E-state index contributed by atoms with van der Waals surface area (Å²) in [5.74, 6) is 0.811. The maximum absolute atomic E-state index is 3.44. The van der Waals surface area contributed by atoms with Gasteiger partial charge in [0.15, 0.2) is 0 Å². The monoisotopic (exact) mass is 196 g/mol. The first-order valence-electron chi connectivity index (χ1n) is 6.08. The van der Waals surface area contributed by atoms with Crippen LogP contribution in [0.5, 0.6) is 0 Å². The molecule has 1 saturated heterocycles. The van der Waals surface area contributed by atoms with Crippen LogP contribution in [-0.2, 0) is 0 Å². The minimum absolute atomic E-state index is 0.562. The van der Waals surface area contributed by atoms with Gasteiger partial charge in [0, 0.05) is 24.7 Å². The number of hydrogen-bond donors (Lipinski definition) is 1. The molecule has 2 fully saturated rings. The highest BCUT2D eigenvalue weighted by atomic mass is 15.2. The fourth-order valence-corrected chi connectivity index (χ4v) is 3.07. The fraction of sp³-hybridized carbons (Fsp3) is 1.00. The highest BCUT2D eigenvalue weighted by Crippen LogP contribution is 2.39. The van der Waals surface area contributed by atoms with Crippen molar-refractivity contribution in [1.29, 1.82) is 0 Å². The first kappa shape index (κ1) is 10.4. The Balaban J connectivity index is 1.92. The van der Waals surface area contributed by atoms with Crippen molar-refractivity contribution in [2.45, 2.75) is 51.1 Å². The van der Waals surface area contributed by atoms with Gasteiger partial charge in [-0.1, -0.05) is 6.92 Å². The lowest BCUT2D eigenvalue weighted by Gasteiger charge is -2.52.